The predicted molar refractivity (Wildman–Crippen MR) is 61.7 cm³/mol. The molecule has 2 aromatic rings. The quantitative estimate of drug-likeness (QED) is 0.915. The fourth-order valence-electron chi connectivity index (χ4n) is 1.39. The molecule has 106 valence electrons. The second-order valence-corrected chi connectivity index (χ2v) is 3.99. The summed E-state index contributed by atoms with van der Waals surface area (Å²) in [7, 11) is 0. The molecule has 0 aliphatic carbocycles. The van der Waals surface area contributed by atoms with Gasteiger partial charge < -0.3 is 9.84 Å². The number of nitrogens with zero attached hydrogens (tertiary/aromatic N) is 3. The number of carbonyl (C=O) groups is 1. The van der Waals surface area contributed by atoms with Gasteiger partial charge in [0.1, 0.15) is 0 Å². The van der Waals surface area contributed by atoms with E-state index in [4.69, 9.17) is 4.52 Å². The van der Waals surface area contributed by atoms with Gasteiger partial charge in [0, 0.05) is 6.07 Å². The third kappa shape index (κ3) is 2.92. The number of hydrogen-bond donors (Lipinski definition) is 1. The summed E-state index contributed by atoms with van der Waals surface area (Å²) in [6.45, 7) is 3.25. The second kappa shape index (κ2) is 4.91. The van der Waals surface area contributed by atoms with E-state index in [0.29, 0.717) is 11.4 Å². The topological polar surface area (TPSA) is 80.9 Å². The zero-order chi connectivity index (χ0) is 14.9. The minimum absolute atomic E-state index is 0.0109. The number of alkyl halides is 3. The monoisotopic (exact) mass is 286 g/mol. The van der Waals surface area contributed by atoms with Crippen LogP contribution in [0, 0.1) is 13.8 Å². The standard InChI is InChI=1S/C11H9F3N4O2/c1-5-3-7(20-18-5)8-9(15-4-6(2)16-8)17-10(19)11(12,13)14/h3-4H,1-2H3,(H,15,17,19). The fourth-order valence-corrected chi connectivity index (χ4v) is 1.39. The molecule has 0 aromatic carbocycles. The number of nitrogens with one attached hydrogen (secondary N) is 1. The van der Waals surface area contributed by atoms with Crippen LogP contribution in [-0.4, -0.2) is 27.2 Å². The first-order chi connectivity index (χ1) is 9.27. The van der Waals surface area contributed by atoms with Gasteiger partial charge in [-0.2, -0.15) is 13.2 Å². The summed E-state index contributed by atoms with van der Waals surface area (Å²) in [6.07, 6.45) is -3.78. The lowest BCUT2D eigenvalue weighted by molar-refractivity contribution is -0.167. The van der Waals surface area contributed by atoms with E-state index >= 15 is 0 Å². The molecule has 6 nitrogen and oxygen atoms in total. The zero-order valence-electron chi connectivity index (χ0n) is 10.4. The van der Waals surface area contributed by atoms with Crippen LogP contribution in [0.4, 0.5) is 19.0 Å². The highest BCUT2D eigenvalue weighted by Crippen LogP contribution is 2.26. The predicted octanol–water partition coefficient (Wildman–Crippen LogP) is 2.25. The van der Waals surface area contributed by atoms with Gasteiger partial charge in [-0.15, -0.1) is 0 Å². The molecular formula is C11H9F3N4O2. The molecule has 0 fully saturated rings. The van der Waals surface area contributed by atoms with Crippen LogP contribution in [0.1, 0.15) is 11.4 Å². The highest BCUT2D eigenvalue weighted by molar-refractivity contribution is 5.96. The molecule has 20 heavy (non-hydrogen) atoms. The van der Waals surface area contributed by atoms with Gasteiger partial charge in [-0.3, -0.25) is 4.79 Å². The van der Waals surface area contributed by atoms with Crippen molar-refractivity contribution in [3.8, 4) is 11.5 Å². The Labute approximate surface area is 111 Å². The lowest BCUT2D eigenvalue weighted by atomic mass is 10.2. The van der Waals surface area contributed by atoms with Crippen molar-refractivity contribution in [2.45, 2.75) is 20.0 Å². The third-order valence-electron chi connectivity index (χ3n) is 2.24. The van der Waals surface area contributed by atoms with Crippen molar-refractivity contribution in [2.24, 2.45) is 0 Å². The van der Waals surface area contributed by atoms with Crippen LogP contribution in [0.25, 0.3) is 11.5 Å². The van der Waals surface area contributed by atoms with Gasteiger partial charge in [-0.1, -0.05) is 5.16 Å². The van der Waals surface area contributed by atoms with E-state index in [1.165, 1.54) is 12.3 Å². The fraction of sp³-hybridized carbons (Fsp3) is 0.273. The Hall–Kier alpha value is -2.45. The Morgan fingerprint density at radius 2 is 2.00 bits per heavy atom. The average Bonchev–Trinajstić information content (AvgIpc) is 2.76. The van der Waals surface area contributed by atoms with Crippen molar-refractivity contribution in [1.29, 1.82) is 0 Å². The van der Waals surface area contributed by atoms with Crippen molar-refractivity contribution >= 4 is 11.7 Å². The highest BCUT2D eigenvalue weighted by atomic mass is 19.4. The molecule has 2 rings (SSSR count). The van der Waals surface area contributed by atoms with Gasteiger partial charge in [0.2, 0.25) is 0 Å². The van der Waals surface area contributed by atoms with Gasteiger partial charge in [-0.05, 0) is 13.8 Å². The molecule has 1 N–H and O–H groups in total. The first-order valence-corrected chi connectivity index (χ1v) is 5.43. The molecule has 0 aliphatic heterocycles. The number of hydrogen-bond acceptors (Lipinski definition) is 5. The lowest BCUT2D eigenvalue weighted by Crippen LogP contribution is -2.30. The molecule has 0 unspecified atom stereocenters. The van der Waals surface area contributed by atoms with E-state index in [-0.39, 0.29) is 17.3 Å². The molecule has 2 heterocycles. The first kappa shape index (κ1) is 14.0. The van der Waals surface area contributed by atoms with Crippen LogP contribution in [0.2, 0.25) is 0 Å². The van der Waals surface area contributed by atoms with Gasteiger partial charge in [0.15, 0.2) is 17.3 Å². The van der Waals surface area contributed by atoms with Gasteiger partial charge >= 0.3 is 12.1 Å². The van der Waals surface area contributed by atoms with Crippen LogP contribution in [0.3, 0.4) is 0 Å². The molecule has 0 saturated carbocycles. The summed E-state index contributed by atoms with van der Waals surface area (Å²) in [6, 6.07) is 1.48. The molecule has 2 aromatic heterocycles. The molecule has 0 atom stereocenters. The van der Waals surface area contributed by atoms with E-state index in [1.807, 2.05) is 0 Å². The molecule has 0 bridgehead atoms. The Bertz CT molecular complexity index is 651. The van der Waals surface area contributed by atoms with Crippen LogP contribution in [0.5, 0.6) is 0 Å². The summed E-state index contributed by atoms with van der Waals surface area (Å²) in [5.41, 5.74) is 0.971. The van der Waals surface area contributed by atoms with E-state index in [2.05, 4.69) is 15.1 Å². The maximum Gasteiger partial charge on any atom is 0.471 e. The number of halogens is 3. The van der Waals surface area contributed by atoms with E-state index in [0.717, 1.165) is 0 Å². The number of anilines is 1. The minimum atomic E-state index is -5.01. The van der Waals surface area contributed by atoms with Crippen molar-refractivity contribution < 1.29 is 22.5 Å². The van der Waals surface area contributed by atoms with E-state index in [9.17, 15) is 18.0 Å². The van der Waals surface area contributed by atoms with Crippen molar-refractivity contribution in [3.05, 3.63) is 23.7 Å². The maximum atomic E-state index is 12.3. The number of rotatable bonds is 2. The Kier molecular flexibility index (Phi) is 3.43. The molecule has 0 radical (unpaired) electrons. The van der Waals surface area contributed by atoms with E-state index in [1.54, 1.807) is 19.2 Å². The minimum Gasteiger partial charge on any atom is -0.354 e. The number of aromatic nitrogens is 3. The number of carbonyl (C=O) groups excluding carboxylic acids is 1. The summed E-state index contributed by atoms with van der Waals surface area (Å²) in [5, 5.41) is 5.27. The third-order valence-corrected chi connectivity index (χ3v) is 2.24. The molecule has 0 spiro atoms. The second-order valence-electron chi connectivity index (χ2n) is 3.99. The van der Waals surface area contributed by atoms with Crippen LogP contribution in [0.15, 0.2) is 16.8 Å². The summed E-state index contributed by atoms with van der Waals surface area (Å²) in [5.74, 6) is -2.35. The molecule has 9 heteroatoms. The number of amides is 1. The van der Waals surface area contributed by atoms with Gasteiger partial charge in [0.25, 0.3) is 0 Å². The number of aryl methyl sites for hydroxylation is 2. The van der Waals surface area contributed by atoms with Gasteiger partial charge in [0.05, 0.1) is 17.6 Å². The highest BCUT2D eigenvalue weighted by Gasteiger charge is 2.39. The molecule has 0 saturated heterocycles. The molecule has 0 aliphatic rings. The van der Waals surface area contributed by atoms with Crippen molar-refractivity contribution in [1.82, 2.24) is 15.1 Å². The first-order valence-electron chi connectivity index (χ1n) is 5.43. The molecular weight excluding hydrogens is 277 g/mol. The zero-order valence-corrected chi connectivity index (χ0v) is 10.4. The van der Waals surface area contributed by atoms with Crippen LogP contribution < -0.4 is 5.32 Å². The van der Waals surface area contributed by atoms with Gasteiger partial charge in [-0.25, -0.2) is 9.97 Å². The summed E-state index contributed by atoms with van der Waals surface area (Å²) >= 11 is 0. The van der Waals surface area contributed by atoms with Crippen LogP contribution in [-0.2, 0) is 4.79 Å². The Morgan fingerprint density at radius 1 is 1.30 bits per heavy atom. The maximum absolute atomic E-state index is 12.3. The Balaban J connectivity index is 2.41. The lowest BCUT2D eigenvalue weighted by Gasteiger charge is -2.09. The van der Waals surface area contributed by atoms with Crippen LogP contribution >= 0.6 is 0 Å². The summed E-state index contributed by atoms with van der Waals surface area (Å²) < 4.78 is 41.7. The van der Waals surface area contributed by atoms with E-state index < -0.39 is 12.1 Å². The SMILES string of the molecule is Cc1cc(-c2nc(C)cnc2NC(=O)C(F)(F)F)on1. The normalized spacial score (nSPS) is 11.4. The average molecular weight is 286 g/mol. The largest absolute Gasteiger partial charge is 0.471 e. The smallest absolute Gasteiger partial charge is 0.354 e. The molecule has 1 amide bonds. The van der Waals surface area contributed by atoms with Crippen molar-refractivity contribution in [3.63, 3.8) is 0 Å². The van der Waals surface area contributed by atoms with Crippen molar-refractivity contribution in [2.75, 3.05) is 5.32 Å². The Morgan fingerprint density at radius 3 is 2.55 bits per heavy atom. The summed E-state index contributed by atoms with van der Waals surface area (Å²) in [4.78, 5) is 18.7.